The summed E-state index contributed by atoms with van der Waals surface area (Å²) < 4.78 is 4.50. The third kappa shape index (κ3) is 3.14. The van der Waals surface area contributed by atoms with Gasteiger partial charge >= 0.3 is 5.69 Å². The third-order valence-electron chi connectivity index (χ3n) is 5.30. The summed E-state index contributed by atoms with van der Waals surface area (Å²) in [5.74, 6) is 0.655. The van der Waals surface area contributed by atoms with Crippen LogP contribution in [0.25, 0.3) is 28.0 Å². The fourth-order valence-electron chi connectivity index (χ4n) is 3.66. The van der Waals surface area contributed by atoms with Gasteiger partial charge in [-0.1, -0.05) is 42.5 Å². The molecule has 5 rings (SSSR count). The zero-order valence-corrected chi connectivity index (χ0v) is 16.9. The molecule has 0 radical (unpaired) electrons. The van der Waals surface area contributed by atoms with E-state index >= 15 is 0 Å². The Hall–Kier alpha value is -4.34. The molecule has 31 heavy (non-hydrogen) atoms. The molecule has 10 heteroatoms. The summed E-state index contributed by atoms with van der Waals surface area (Å²) in [6.45, 7) is 2.27. The van der Waals surface area contributed by atoms with Crippen molar-refractivity contribution in [2.75, 3.05) is 0 Å². The van der Waals surface area contributed by atoms with Gasteiger partial charge in [0.05, 0.1) is 5.69 Å². The van der Waals surface area contributed by atoms with Gasteiger partial charge in [-0.2, -0.15) is 4.68 Å². The van der Waals surface area contributed by atoms with Crippen molar-refractivity contribution in [3.05, 3.63) is 87.1 Å². The summed E-state index contributed by atoms with van der Waals surface area (Å²) in [4.78, 5) is 31.5. The highest BCUT2D eigenvalue weighted by Crippen LogP contribution is 2.26. The Morgan fingerprint density at radius 2 is 1.81 bits per heavy atom. The second-order valence-electron chi connectivity index (χ2n) is 7.21. The Kier molecular flexibility index (Phi) is 4.32. The molecule has 0 unspecified atom stereocenters. The maximum absolute atomic E-state index is 12.6. The van der Waals surface area contributed by atoms with Gasteiger partial charge in [-0.3, -0.25) is 14.3 Å². The van der Waals surface area contributed by atoms with Crippen LogP contribution in [0.2, 0.25) is 0 Å². The number of nitrogens with zero attached hydrogens (tertiary/aromatic N) is 7. The van der Waals surface area contributed by atoms with Crippen molar-refractivity contribution in [2.24, 2.45) is 7.05 Å². The molecule has 10 nitrogen and oxygen atoms in total. The van der Waals surface area contributed by atoms with E-state index in [0.717, 1.165) is 26.9 Å². The number of rotatable bonds is 4. The van der Waals surface area contributed by atoms with Gasteiger partial charge < -0.3 is 4.57 Å². The van der Waals surface area contributed by atoms with Gasteiger partial charge in [0.2, 0.25) is 0 Å². The van der Waals surface area contributed by atoms with Crippen LogP contribution < -0.4 is 11.2 Å². The fourth-order valence-corrected chi connectivity index (χ4v) is 3.66. The van der Waals surface area contributed by atoms with E-state index in [0.29, 0.717) is 23.5 Å². The first-order valence-corrected chi connectivity index (χ1v) is 9.61. The number of fused-ring (bicyclic) bond motifs is 1. The number of nitrogens with one attached hydrogen (secondary N) is 1. The van der Waals surface area contributed by atoms with Crippen LogP contribution in [-0.2, 0) is 13.6 Å². The second-order valence-corrected chi connectivity index (χ2v) is 7.21. The lowest BCUT2D eigenvalue weighted by Crippen LogP contribution is -2.33. The molecule has 3 heterocycles. The molecule has 0 saturated heterocycles. The van der Waals surface area contributed by atoms with Crippen molar-refractivity contribution in [2.45, 2.75) is 13.5 Å². The van der Waals surface area contributed by atoms with Crippen LogP contribution in [0.1, 0.15) is 11.4 Å². The topological polar surface area (TPSA) is 116 Å². The SMILES string of the molecule is Cc1nc2[nH]c(=O)n(C)c(=O)c2n1Cc1ccc(-c2ccccc2-n2cnnn2)cc1. The van der Waals surface area contributed by atoms with Gasteiger partial charge in [0.15, 0.2) is 11.2 Å². The average molecular weight is 414 g/mol. The molecule has 3 aromatic heterocycles. The Balaban J connectivity index is 1.52. The molecule has 0 aliphatic rings. The molecular formula is C21H18N8O2. The number of imidazole rings is 1. The molecule has 0 amide bonds. The van der Waals surface area contributed by atoms with E-state index in [4.69, 9.17) is 0 Å². The number of aromatic amines is 1. The van der Waals surface area contributed by atoms with E-state index in [1.807, 2.05) is 60.0 Å². The van der Waals surface area contributed by atoms with Crippen molar-refractivity contribution in [1.82, 2.24) is 39.3 Å². The van der Waals surface area contributed by atoms with Gasteiger partial charge in [0.1, 0.15) is 12.2 Å². The van der Waals surface area contributed by atoms with Gasteiger partial charge in [-0.15, -0.1) is 5.10 Å². The average Bonchev–Trinajstić information content (AvgIpc) is 3.41. The smallest absolute Gasteiger partial charge is 0.318 e. The van der Waals surface area contributed by atoms with Crippen LogP contribution in [0, 0.1) is 6.92 Å². The predicted molar refractivity (Wildman–Crippen MR) is 114 cm³/mol. The first-order valence-electron chi connectivity index (χ1n) is 9.61. The van der Waals surface area contributed by atoms with Crippen molar-refractivity contribution >= 4 is 11.2 Å². The number of H-pyrrole nitrogens is 1. The van der Waals surface area contributed by atoms with E-state index in [-0.39, 0.29) is 5.56 Å². The summed E-state index contributed by atoms with van der Waals surface area (Å²) in [6, 6.07) is 15.9. The molecule has 0 bridgehead atoms. The van der Waals surface area contributed by atoms with Crippen LogP contribution in [-0.4, -0.2) is 39.3 Å². The fraction of sp³-hybridized carbons (Fsp3) is 0.143. The van der Waals surface area contributed by atoms with Crippen LogP contribution in [0.5, 0.6) is 0 Å². The third-order valence-corrected chi connectivity index (χ3v) is 5.30. The maximum Gasteiger partial charge on any atom is 0.329 e. The molecule has 0 atom stereocenters. The maximum atomic E-state index is 12.6. The van der Waals surface area contributed by atoms with E-state index < -0.39 is 5.69 Å². The number of benzene rings is 2. The number of aromatic nitrogens is 8. The molecule has 0 saturated carbocycles. The van der Waals surface area contributed by atoms with E-state index in [2.05, 4.69) is 25.5 Å². The first-order chi connectivity index (χ1) is 15.0. The Bertz CT molecular complexity index is 1510. The van der Waals surface area contributed by atoms with Crippen molar-refractivity contribution in [1.29, 1.82) is 0 Å². The van der Waals surface area contributed by atoms with Gasteiger partial charge in [0, 0.05) is 19.2 Å². The molecule has 154 valence electrons. The highest BCUT2D eigenvalue weighted by molar-refractivity contribution is 5.73. The lowest BCUT2D eigenvalue weighted by molar-refractivity contribution is 0.755. The molecular weight excluding hydrogens is 396 g/mol. The van der Waals surface area contributed by atoms with Gasteiger partial charge in [-0.05, 0) is 34.5 Å². The van der Waals surface area contributed by atoms with Crippen LogP contribution in [0.4, 0.5) is 0 Å². The van der Waals surface area contributed by atoms with Gasteiger partial charge in [0.25, 0.3) is 5.56 Å². The summed E-state index contributed by atoms with van der Waals surface area (Å²) in [5.41, 5.74) is 3.73. The number of hydrogen-bond donors (Lipinski definition) is 1. The zero-order valence-electron chi connectivity index (χ0n) is 16.9. The molecule has 0 spiro atoms. The minimum absolute atomic E-state index is 0.303. The van der Waals surface area contributed by atoms with Crippen LogP contribution in [0.3, 0.4) is 0 Å². The largest absolute Gasteiger partial charge is 0.329 e. The molecule has 0 aliphatic carbocycles. The number of hydrogen-bond acceptors (Lipinski definition) is 6. The highest BCUT2D eigenvalue weighted by Gasteiger charge is 2.15. The van der Waals surface area contributed by atoms with E-state index in [1.54, 1.807) is 11.0 Å². The Morgan fingerprint density at radius 3 is 2.55 bits per heavy atom. The Labute approximate surface area is 175 Å². The second kappa shape index (κ2) is 7.17. The summed E-state index contributed by atoms with van der Waals surface area (Å²) in [6.07, 6.45) is 1.56. The predicted octanol–water partition coefficient (Wildman–Crippen LogP) is 1.42. The minimum Gasteiger partial charge on any atom is -0.318 e. The summed E-state index contributed by atoms with van der Waals surface area (Å²) in [7, 11) is 1.45. The number of tetrazole rings is 1. The zero-order chi connectivity index (χ0) is 21.5. The van der Waals surface area contributed by atoms with Crippen molar-refractivity contribution in [3.63, 3.8) is 0 Å². The monoisotopic (exact) mass is 414 g/mol. The van der Waals surface area contributed by atoms with Crippen molar-refractivity contribution in [3.8, 4) is 16.8 Å². The summed E-state index contributed by atoms with van der Waals surface area (Å²) >= 11 is 0. The molecule has 0 aliphatic heterocycles. The number of aryl methyl sites for hydroxylation is 1. The first kappa shape index (κ1) is 18.7. The van der Waals surface area contributed by atoms with E-state index in [9.17, 15) is 9.59 Å². The standard InChI is InChI=1S/C21H18N8O2/c1-13-23-19-18(20(30)27(2)21(31)24-19)28(13)11-14-7-9-15(10-8-14)16-5-3-4-6-17(16)29-12-22-25-26-29/h3-10,12H,11H2,1-2H3,(H,24,31). The highest BCUT2D eigenvalue weighted by atomic mass is 16.2. The number of para-hydroxylation sites is 1. The normalized spacial score (nSPS) is 11.3. The Morgan fingerprint density at radius 1 is 1.03 bits per heavy atom. The minimum atomic E-state index is -0.479. The quantitative estimate of drug-likeness (QED) is 0.475. The van der Waals surface area contributed by atoms with Crippen LogP contribution >= 0.6 is 0 Å². The van der Waals surface area contributed by atoms with Crippen LogP contribution in [0.15, 0.2) is 64.4 Å². The van der Waals surface area contributed by atoms with Crippen molar-refractivity contribution < 1.29 is 0 Å². The lowest BCUT2D eigenvalue weighted by atomic mass is 10.0. The molecule has 5 aromatic rings. The molecule has 1 N–H and O–H groups in total. The molecule has 2 aromatic carbocycles. The lowest BCUT2D eigenvalue weighted by Gasteiger charge is -2.11. The van der Waals surface area contributed by atoms with Gasteiger partial charge in [-0.25, -0.2) is 9.78 Å². The summed E-state index contributed by atoms with van der Waals surface area (Å²) in [5, 5.41) is 11.4. The molecule has 0 fully saturated rings. The van der Waals surface area contributed by atoms with E-state index in [1.165, 1.54) is 7.05 Å².